The summed E-state index contributed by atoms with van der Waals surface area (Å²) in [5.41, 5.74) is 13.4. The molecule has 3 heteroatoms. The molecule has 0 bridgehead atoms. The van der Waals surface area contributed by atoms with Crippen molar-refractivity contribution in [2.75, 3.05) is 0 Å². The molecule has 0 spiro atoms. The van der Waals surface area contributed by atoms with Gasteiger partial charge in [-0.05, 0) is 40.6 Å². The molecule has 2 atom stereocenters. The standard InChI is InChI=1S/C29H37.C10H15.CH2.2ClH.Zr/c1-18-25-22-17-19-13-9-10-14-20(19)24(22)21-15-11-12-16-23(21)29(25,8)28(6,7)27(4,5)26(18,2)3;1-8-5-6-9(7-8)10(2,3)4;;;;/h9-11,13-15,23H,12,16-17H2,1-8H3;5-7H,1-4H3;1H2;2*1H;/q2*-1;;;;+2/p-2. The van der Waals surface area contributed by atoms with Crippen LogP contribution in [0.4, 0.5) is 0 Å². The molecule has 0 N–H and O–H groups in total. The molecule has 1 fully saturated rings. The third kappa shape index (κ3) is 5.65. The quantitative estimate of drug-likeness (QED) is 0.343. The molecule has 2 aromatic carbocycles. The minimum absolute atomic E-state index is 0. The second-order valence-electron chi connectivity index (χ2n) is 15.7. The van der Waals surface area contributed by atoms with Gasteiger partial charge < -0.3 is 24.8 Å². The predicted octanol–water partition coefficient (Wildman–Crippen LogP) is 4.95. The monoisotopic (exact) mass is 694 g/mol. The summed E-state index contributed by atoms with van der Waals surface area (Å²) in [6.07, 6.45) is 8.50. The van der Waals surface area contributed by atoms with E-state index in [1.807, 2.05) is 0 Å². The van der Waals surface area contributed by atoms with Crippen LogP contribution in [0.15, 0.2) is 71.3 Å². The van der Waals surface area contributed by atoms with Gasteiger partial charge in [0.1, 0.15) is 0 Å². The van der Waals surface area contributed by atoms with Crippen molar-refractivity contribution in [3.63, 3.8) is 0 Å². The van der Waals surface area contributed by atoms with Crippen LogP contribution in [-0.2, 0) is 36.1 Å². The number of aryl methyl sites for hydroxylation is 1. The summed E-state index contributed by atoms with van der Waals surface area (Å²) < 4.78 is 3.34. The van der Waals surface area contributed by atoms with E-state index in [1.165, 1.54) is 59.3 Å². The number of halogens is 2. The van der Waals surface area contributed by atoms with Gasteiger partial charge in [-0.15, -0.1) is 6.92 Å². The van der Waals surface area contributed by atoms with E-state index >= 15 is 0 Å². The van der Waals surface area contributed by atoms with Crippen LogP contribution in [0.1, 0.15) is 111 Å². The first-order valence-corrected chi connectivity index (χ1v) is 17.4. The second-order valence-corrected chi connectivity index (χ2v) is 15.7. The molecule has 2 unspecified atom stereocenters. The van der Waals surface area contributed by atoms with Gasteiger partial charge in [0, 0.05) is 0 Å². The number of allylic oxidation sites excluding steroid dienone is 6. The number of hydrogen-bond donors (Lipinski definition) is 0. The van der Waals surface area contributed by atoms with Gasteiger partial charge in [-0.2, -0.15) is 34.4 Å². The maximum absolute atomic E-state index is 3.34. The number of hydrogen-bond acceptors (Lipinski definition) is 0. The Morgan fingerprint density at radius 3 is 2.09 bits per heavy atom. The van der Waals surface area contributed by atoms with Gasteiger partial charge in [-0.3, -0.25) is 0 Å². The summed E-state index contributed by atoms with van der Waals surface area (Å²) in [4.78, 5) is 0. The first kappa shape index (κ1) is 38.2. The van der Waals surface area contributed by atoms with Crippen LogP contribution in [0.2, 0.25) is 0 Å². The van der Waals surface area contributed by atoms with E-state index in [4.69, 9.17) is 0 Å². The summed E-state index contributed by atoms with van der Waals surface area (Å²) in [6.45, 7) is 29.1. The molecule has 0 heterocycles. The Hall–Kier alpha value is -1.01. The molecule has 0 amide bonds. The zero-order valence-corrected chi connectivity index (χ0v) is 32.8. The topological polar surface area (TPSA) is 0 Å². The van der Waals surface area contributed by atoms with Crippen LogP contribution in [-0.4, -0.2) is 4.21 Å². The third-order valence-corrected chi connectivity index (χ3v) is 12.6. The van der Waals surface area contributed by atoms with Crippen molar-refractivity contribution in [3.8, 4) is 0 Å². The Kier molecular flexibility index (Phi) is 11.6. The molecule has 0 saturated heterocycles. The summed E-state index contributed by atoms with van der Waals surface area (Å²) >= 11 is 1.30. The maximum Gasteiger partial charge on any atom is -1.00 e. The number of fused-ring (bicyclic) bond motifs is 6. The van der Waals surface area contributed by atoms with Crippen molar-refractivity contribution in [1.29, 1.82) is 0 Å². The number of rotatable bonds is 0. The van der Waals surface area contributed by atoms with Gasteiger partial charge in [0.05, 0.1) is 0 Å². The van der Waals surface area contributed by atoms with Gasteiger partial charge in [0.15, 0.2) is 0 Å². The Morgan fingerprint density at radius 2 is 1.56 bits per heavy atom. The molecule has 0 radical (unpaired) electrons. The molecule has 234 valence electrons. The zero-order valence-electron chi connectivity index (χ0n) is 28.9. The Balaban J connectivity index is 0.000000394. The van der Waals surface area contributed by atoms with Crippen LogP contribution in [0.5, 0.6) is 0 Å². The maximum atomic E-state index is 3.34. The van der Waals surface area contributed by atoms with Gasteiger partial charge in [0.25, 0.3) is 0 Å². The van der Waals surface area contributed by atoms with Crippen LogP contribution in [0, 0.1) is 40.4 Å². The van der Waals surface area contributed by atoms with Gasteiger partial charge >= 0.3 is 28.4 Å². The van der Waals surface area contributed by atoms with E-state index in [9.17, 15) is 0 Å². The molecule has 4 aliphatic rings. The molecule has 2 aromatic rings. The van der Waals surface area contributed by atoms with E-state index in [0.29, 0.717) is 11.3 Å². The summed E-state index contributed by atoms with van der Waals surface area (Å²) in [7, 11) is 0. The van der Waals surface area contributed by atoms with E-state index < -0.39 is 0 Å². The van der Waals surface area contributed by atoms with Crippen molar-refractivity contribution in [3.05, 3.63) is 99.5 Å². The average Bonchev–Trinajstić information content (AvgIpc) is 3.53. The van der Waals surface area contributed by atoms with Crippen LogP contribution in [0.3, 0.4) is 0 Å². The van der Waals surface area contributed by atoms with Crippen molar-refractivity contribution < 1.29 is 49.0 Å². The minimum Gasteiger partial charge on any atom is -1.00 e. The Morgan fingerprint density at radius 1 is 0.953 bits per heavy atom. The molecule has 0 aliphatic heterocycles. The van der Waals surface area contributed by atoms with Gasteiger partial charge in [0.2, 0.25) is 0 Å². The fourth-order valence-corrected chi connectivity index (χ4v) is 8.60. The molecule has 4 aliphatic carbocycles. The number of benzene rings is 1. The molecule has 6 rings (SSSR count). The molecule has 0 nitrogen and oxygen atoms in total. The van der Waals surface area contributed by atoms with E-state index in [-0.39, 0.29) is 46.5 Å². The summed E-state index contributed by atoms with van der Waals surface area (Å²) in [5, 5.41) is 0. The summed E-state index contributed by atoms with van der Waals surface area (Å²) in [6, 6.07) is 15.8. The first-order chi connectivity index (χ1) is 19.0. The zero-order chi connectivity index (χ0) is 30.8. The van der Waals surface area contributed by atoms with E-state index in [2.05, 4.69) is 142 Å². The van der Waals surface area contributed by atoms with E-state index in [0.717, 1.165) is 6.42 Å². The molecule has 43 heavy (non-hydrogen) atoms. The molecule has 0 aromatic heterocycles. The fraction of sp³-hybridized carbons (Fsp3) is 0.525. The molecular formula is C40H54Cl2Zr-2. The average molecular weight is 697 g/mol. The van der Waals surface area contributed by atoms with Crippen LogP contribution >= 0.6 is 0 Å². The van der Waals surface area contributed by atoms with Crippen molar-refractivity contribution >= 4 is 9.78 Å². The summed E-state index contributed by atoms with van der Waals surface area (Å²) in [5.74, 6) is 2.24. The fourth-order valence-electron chi connectivity index (χ4n) is 8.60. The van der Waals surface area contributed by atoms with Crippen LogP contribution in [0.25, 0.3) is 5.57 Å². The first-order valence-electron chi connectivity index (χ1n) is 15.6. The van der Waals surface area contributed by atoms with E-state index in [1.54, 1.807) is 28.2 Å². The largest absolute Gasteiger partial charge is 1.00 e. The second kappa shape index (κ2) is 13.0. The van der Waals surface area contributed by atoms with Gasteiger partial charge in [-0.25, -0.2) is 12.0 Å². The minimum atomic E-state index is 0. The normalized spacial score (nSPS) is 25.3. The van der Waals surface area contributed by atoms with Gasteiger partial charge in [-0.1, -0.05) is 147 Å². The smallest absolute Gasteiger partial charge is 1.00 e. The molecular weight excluding hydrogens is 643 g/mol. The van der Waals surface area contributed by atoms with Crippen molar-refractivity contribution in [2.24, 2.45) is 27.6 Å². The Bertz CT molecular complexity index is 1400. The van der Waals surface area contributed by atoms with Crippen molar-refractivity contribution in [2.45, 2.75) is 108 Å². The predicted molar refractivity (Wildman–Crippen MR) is 177 cm³/mol. The Labute approximate surface area is 291 Å². The van der Waals surface area contributed by atoms with Crippen LogP contribution < -0.4 is 24.8 Å². The van der Waals surface area contributed by atoms with Crippen molar-refractivity contribution in [1.82, 2.24) is 0 Å². The SMILES string of the molecule is C[C-]1C2=C3Cc4ccccc4C3=C3C=CCCC3C2(C)C(C)(C)C(C)(C)C1(C)C.Cc1cc(C(C)(C)C)c[cH-]1.[CH2]=[Zr+2].[Cl-].[Cl-]. The molecule has 1 saturated carbocycles. The third-order valence-electron chi connectivity index (χ3n) is 12.6.